The minimum atomic E-state index is 0.0288. The topological polar surface area (TPSA) is 43.1 Å². The maximum atomic E-state index is 12.2. The van der Waals surface area contributed by atoms with E-state index in [2.05, 4.69) is 29.7 Å². The Hall–Kier alpha value is -3.08. The zero-order valence-electron chi connectivity index (χ0n) is 14.4. The molecule has 4 rings (SSSR count). The Balaban J connectivity index is 1.82. The molecule has 0 fully saturated rings. The molecule has 3 heterocycles. The normalized spacial score (nSPS) is 13.6. The van der Waals surface area contributed by atoms with Gasteiger partial charge in [-0.3, -0.25) is 4.79 Å². The second kappa shape index (κ2) is 6.09. The number of nitrogens with zero attached hydrogens (tertiary/aromatic N) is 4. The van der Waals surface area contributed by atoms with Crippen LogP contribution in [0, 0.1) is 6.92 Å². The number of hydrogen-bond donors (Lipinski definition) is 0. The van der Waals surface area contributed by atoms with E-state index in [0.29, 0.717) is 13.1 Å². The zero-order chi connectivity index (χ0) is 17.4. The van der Waals surface area contributed by atoms with E-state index in [0.717, 1.165) is 22.8 Å². The predicted octanol–water partition coefficient (Wildman–Crippen LogP) is 3.39. The standard InChI is InChI=1S/C20H20N4O/c1-3-7-19(25)23-13-17-18(14-23)21-24(16-9-6-8-15(2)12-16)20(17)22-10-4-5-11-22/h3-12H,13-14H2,1-2H3. The number of rotatable bonds is 3. The first kappa shape index (κ1) is 15.4. The van der Waals surface area contributed by atoms with Crippen LogP contribution in [0.5, 0.6) is 0 Å². The lowest BCUT2D eigenvalue weighted by atomic mass is 10.2. The fraction of sp³-hybridized carbons (Fsp3) is 0.200. The van der Waals surface area contributed by atoms with Crippen LogP contribution in [0.3, 0.4) is 0 Å². The second-order valence-electron chi connectivity index (χ2n) is 6.28. The van der Waals surface area contributed by atoms with Crippen LogP contribution in [-0.4, -0.2) is 25.2 Å². The molecule has 0 radical (unpaired) electrons. The summed E-state index contributed by atoms with van der Waals surface area (Å²) < 4.78 is 4.05. The van der Waals surface area contributed by atoms with Crippen LogP contribution in [0.2, 0.25) is 0 Å². The molecule has 1 amide bonds. The predicted molar refractivity (Wildman–Crippen MR) is 96.7 cm³/mol. The fourth-order valence-electron chi connectivity index (χ4n) is 3.29. The van der Waals surface area contributed by atoms with Crippen LogP contribution in [0.4, 0.5) is 0 Å². The summed E-state index contributed by atoms with van der Waals surface area (Å²) in [7, 11) is 0. The van der Waals surface area contributed by atoms with Crippen LogP contribution in [0.25, 0.3) is 11.5 Å². The van der Waals surface area contributed by atoms with Crippen molar-refractivity contribution >= 4 is 5.91 Å². The van der Waals surface area contributed by atoms with Gasteiger partial charge in [-0.25, -0.2) is 4.68 Å². The molecule has 25 heavy (non-hydrogen) atoms. The quantitative estimate of drug-likeness (QED) is 0.690. The van der Waals surface area contributed by atoms with Crippen molar-refractivity contribution in [1.29, 1.82) is 0 Å². The molecule has 5 nitrogen and oxygen atoms in total. The number of aromatic nitrogens is 3. The summed E-state index contributed by atoms with van der Waals surface area (Å²) in [6.07, 6.45) is 7.41. The highest BCUT2D eigenvalue weighted by molar-refractivity contribution is 5.88. The molecule has 0 atom stereocenters. The molecule has 126 valence electrons. The van der Waals surface area contributed by atoms with Crippen LogP contribution >= 0.6 is 0 Å². The fourth-order valence-corrected chi connectivity index (χ4v) is 3.29. The van der Waals surface area contributed by atoms with E-state index in [-0.39, 0.29) is 5.91 Å². The zero-order valence-corrected chi connectivity index (χ0v) is 14.4. The summed E-state index contributed by atoms with van der Waals surface area (Å²) >= 11 is 0. The van der Waals surface area contributed by atoms with Gasteiger partial charge in [-0.2, -0.15) is 5.10 Å². The van der Waals surface area contributed by atoms with Crippen molar-refractivity contribution in [3.05, 3.63) is 77.8 Å². The van der Waals surface area contributed by atoms with E-state index in [9.17, 15) is 4.79 Å². The van der Waals surface area contributed by atoms with Crippen molar-refractivity contribution in [1.82, 2.24) is 19.2 Å². The van der Waals surface area contributed by atoms with Gasteiger partial charge < -0.3 is 9.47 Å². The van der Waals surface area contributed by atoms with Crippen LogP contribution < -0.4 is 0 Å². The average Bonchev–Trinajstić information content (AvgIpc) is 3.30. The van der Waals surface area contributed by atoms with E-state index in [1.165, 1.54) is 5.56 Å². The molecule has 2 aromatic heterocycles. The summed E-state index contributed by atoms with van der Waals surface area (Å²) in [5, 5.41) is 4.83. The first-order chi connectivity index (χ1) is 12.2. The number of amides is 1. The van der Waals surface area contributed by atoms with Crippen molar-refractivity contribution in [2.75, 3.05) is 0 Å². The summed E-state index contributed by atoms with van der Waals surface area (Å²) in [5.41, 5.74) is 4.29. The van der Waals surface area contributed by atoms with Gasteiger partial charge in [-0.15, -0.1) is 0 Å². The van der Waals surface area contributed by atoms with Gasteiger partial charge in [0, 0.05) is 18.0 Å². The van der Waals surface area contributed by atoms with Crippen molar-refractivity contribution in [2.24, 2.45) is 0 Å². The third-order valence-electron chi connectivity index (χ3n) is 4.45. The van der Waals surface area contributed by atoms with Gasteiger partial charge in [0.25, 0.3) is 0 Å². The first-order valence-corrected chi connectivity index (χ1v) is 8.40. The minimum Gasteiger partial charge on any atom is -0.329 e. The smallest absolute Gasteiger partial charge is 0.246 e. The summed E-state index contributed by atoms with van der Waals surface area (Å²) in [6, 6.07) is 12.3. The van der Waals surface area contributed by atoms with Gasteiger partial charge in [0.2, 0.25) is 5.91 Å². The number of aryl methyl sites for hydroxylation is 1. The molecule has 1 aromatic carbocycles. The van der Waals surface area contributed by atoms with Crippen LogP contribution in [0.1, 0.15) is 23.7 Å². The number of allylic oxidation sites excluding steroid dienone is 1. The van der Waals surface area contributed by atoms with E-state index in [1.54, 1.807) is 12.2 Å². The number of fused-ring (bicyclic) bond motifs is 1. The molecular weight excluding hydrogens is 312 g/mol. The second-order valence-corrected chi connectivity index (χ2v) is 6.28. The summed E-state index contributed by atoms with van der Waals surface area (Å²) in [4.78, 5) is 14.0. The van der Waals surface area contributed by atoms with E-state index in [1.807, 2.05) is 47.1 Å². The SMILES string of the molecule is CC=CC(=O)N1Cc2nn(-c3cccc(C)c3)c(-n3cccc3)c2C1. The third kappa shape index (κ3) is 2.67. The molecule has 0 unspecified atom stereocenters. The Morgan fingerprint density at radius 2 is 1.96 bits per heavy atom. The van der Waals surface area contributed by atoms with E-state index in [4.69, 9.17) is 5.10 Å². The van der Waals surface area contributed by atoms with Crippen LogP contribution in [0.15, 0.2) is 60.9 Å². The Bertz CT molecular complexity index is 950. The van der Waals surface area contributed by atoms with Gasteiger partial charge in [-0.1, -0.05) is 18.2 Å². The molecule has 3 aromatic rings. The van der Waals surface area contributed by atoms with Crippen LogP contribution in [-0.2, 0) is 17.9 Å². The lowest BCUT2D eigenvalue weighted by Crippen LogP contribution is -2.24. The van der Waals surface area contributed by atoms with E-state index >= 15 is 0 Å². The molecule has 0 saturated carbocycles. The average molecular weight is 332 g/mol. The van der Waals surface area contributed by atoms with Gasteiger partial charge in [0.15, 0.2) is 0 Å². The number of hydrogen-bond acceptors (Lipinski definition) is 2. The maximum Gasteiger partial charge on any atom is 0.246 e. The Kier molecular flexibility index (Phi) is 3.76. The number of carbonyl (C=O) groups excluding carboxylic acids is 1. The molecule has 0 spiro atoms. The number of benzene rings is 1. The van der Waals surface area contributed by atoms with Crippen molar-refractivity contribution < 1.29 is 4.79 Å². The molecular formula is C20H20N4O. The van der Waals surface area contributed by atoms with Gasteiger partial charge >= 0.3 is 0 Å². The molecule has 5 heteroatoms. The molecule has 0 N–H and O–H groups in total. The molecule has 0 aliphatic carbocycles. The van der Waals surface area contributed by atoms with Crippen molar-refractivity contribution in [3.8, 4) is 11.5 Å². The van der Waals surface area contributed by atoms with Crippen molar-refractivity contribution in [2.45, 2.75) is 26.9 Å². The first-order valence-electron chi connectivity index (χ1n) is 8.40. The monoisotopic (exact) mass is 332 g/mol. The highest BCUT2D eigenvalue weighted by Crippen LogP contribution is 2.30. The molecule has 0 saturated heterocycles. The lowest BCUT2D eigenvalue weighted by molar-refractivity contribution is -0.126. The molecule has 0 bridgehead atoms. The maximum absolute atomic E-state index is 12.2. The Morgan fingerprint density at radius 3 is 2.68 bits per heavy atom. The van der Waals surface area contributed by atoms with Crippen molar-refractivity contribution in [3.63, 3.8) is 0 Å². The van der Waals surface area contributed by atoms with E-state index < -0.39 is 0 Å². The summed E-state index contributed by atoms with van der Waals surface area (Å²) in [6.45, 7) is 5.06. The molecule has 1 aliphatic heterocycles. The largest absolute Gasteiger partial charge is 0.329 e. The van der Waals surface area contributed by atoms with Gasteiger partial charge in [0.05, 0.1) is 24.5 Å². The number of carbonyl (C=O) groups is 1. The Morgan fingerprint density at radius 1 is 1.16 bits per heavy atom. The molecule has 1 aliphatic rings. The van der Waals surface area contributed by atoms with Gasteiger partial charge in [-0.05, 0) is 49.8 Å². The third-order valence-corrected chi connectivity index (χ3v) is 4.45. The van der Waals surface area contributed by atoms with Gasteiger partial charge in [0.1, 0.15) is 5.82 Å². The highest BCUT2D eigenvalue weighted by atomic mass is 16.2. The minimum absolute atomic E-state index is 0.0288. The lowest BCUT2D eigenvalue weighted by Gasteiger charge is -2.16. The Labute approximate surface area is 146 Å². The highest BCUT2D eigenvalue weighted by Gasteiger charge is 2.30. The summed E-state index contributed by atoms with van der Waals surface area (Å²) in [5.74, 6) is 1.03.